The molecule has 0 bridgehead atoms. The number of rotatable bonds is 6. The molecule has 7 nitrogen and oxygen atoms in total. The van der Waals surface area contributed by atoms with Crippen molar-refractivity contribution in [3.63, 3.8) is 0 Å². The van der Waals surface area contributed by atoms with Crippen molar-refractivity contribution >= 4 is 17.9 Å². The maximum absolute atomic E-state index is 12.1. The summed E-state index contributed by atoms with van der Waals surface area (Å²) in [5, 5.41) is 7.84. The third-order valence-corrected chi connectivity index (χ3v) is 3.97. The molecule has 1 atom stereocenters. The number of nitrogens with one attached hydrogen (secondary N) is 3. The van der Waals surface area contributed by atoms with Gasteiger partial charge in [-0.05, 0) is 23.3 Å². The molecule has 1 aliphatic rings. The summed E-state index contributed by atoms with van der Waals surface area (Å²) in [4.78, 5) is 34.8. The van der Waals surface area contributed by atoms with Crippen LogP contribution in [0.5, 0.6) is 0 Å². The number of hydrogen-bond acceptors (Lipinski definition) is 4. The van der Waals surface area contributed by atoms with Crippen molar-refractivity contribution < 1.29 is 19.1 Å². The van der Waals surface area contributed by atoms with Crippen LogP contribution >= 0.6 is 0 Å². The number of carbonyl (C=O) groups is 3. The summed E-state index contributed by atoms with van der Waals surface area (Å²) in [6.45, 7) is 0.937. The van der Waals surface area contributed by atoms with E-state index in [2.05, 4.69) is 16.0 Å². The standard InChI is InChI=1S/C19H19N3O4/c23-17(20-10-13-4-2-1-3-5-13)15-8-6-14(7-9-15)12-26-19(25)22-16-11-21-18(16)24/h1-9,16H,10-12H2,(H,20,23)(H,21,24)(H,22,25)/t16-/m0/s1. The molecular formula is C19H19N3O4. The van der Waals surface area contributed by atoms with Gasteiger partial charge in [0.1, 0.15) is 12.6 Å². The summed E-state index contributed by atoms with van der Waals surface area (Å²) in [5.41, 5.74) is 2.30. The van der Waals surface area contributed by atoms with Crippen LogP contribution in [0.3, 0.4) is 0 Å². The van der Waals surface area contributed by atoms with Gasteiger partial charge in [-0.15, -0.1) is 0 Å². The van der Waals surface area contributed by atoms with E-state index in [4.69, 9.17) is 4.74 Å². The Hall–Kier alpha value is -3.35. The van der Waals surface area contributed by atoms with Crippen molar-refractivity contribution in [3.8, 4) is 0 Å². The van der Waals surface area contributed by atoms with Crippen LogP contribution in [0.4, 0.5) is 4.79 Å². The molecule has 1 saturated heterocycles. The predicted molar refractivity (Wildman–Crippen MR) is 94.2 cm³/mol. The molecule has 2 aromatic rings. The molecule has 3 N–H and O–H groups in total. The van der Waals surface area contributed by atoms with E-state index in [1.54, 1.807) is 24.3 Å². The van der Waals surface area contributed by atoms with Gasteiger partial charge in [-0.3, -0.25) is 9.59 Å². The lowest BCUT2D eigenvalue weighted by atomic mass is 10.1. The summed E-state index contributed by atoms with van der Waals surface area (Å²) in [7, 11) is 0. The summed E-state index contributed by atoms with van der Waals surface area (Å²) < 4.78 is 5.06. The van der Waals surface area contributed by atoms with E-state index in [1.807, 2.05) is 30.3 Å². The van der Waals surface area contributed by atoms with Gasteiger partial charge >= 0.3 is 6.09 Å². The molecule has 7 heteroatoms. The zero-order valence-electron chi connectivity index (χ0n) is 14.0. The number of β-lactam (4-membered cyclic amide) rings is 1. The lowest BCUT2D eigenvalue weighted by Crippen LogP contribution is -2.61. The molecule has 0 unspecified atom stereocenters. The van der Waals surface area contributed by atoms with E-state index < -0.39 is 12.1 Å². The number of hydrogen-bond donors (Lipinski definition) is 3. The van der Waals surface area contributed by atoms with E-state index >= 15 is 0 Å². The van der Waals surface area contributed by atoms with Crippen LogP contribution in [0.1, 0.15) is 21.5 Å². The molecule has 1 aliphatic heterocycles. The Morgan fingerprint density at radius 3 is 2.38 bits per heavy atom. The number of benzene rings is 2. The van der Waals surface area contributed by atoms with Gasteiger partial charge < -0.3 is 20.7 Å². The predicted octanol–water partition coefficient (Wildman–Crippen LogP) is 1.34. The normalized spacial score (nSPS) is 15.4. The average molecular weight is 353 g/mol. The highest BCUT2D eigenvalue weighted by molar-refractivity contribution is 5.94. The number of carbonyl (C=O) groups excluding carboxylic acids is 3. The Kier molecular flexibility index (Phi) is 5.48. The van der Waals surface area contributed by atoms with Gasteiger partial charge in [0, 0.05) is 18.7 Å². The van der Waals surface area contributed by atoms with Gasteiger partial charge in [0.15, 0.2) is 0 Å². The van der Waals surface area contributed by atoms with Crippen molar-refractivity contribution in [3.05, 3.63) is 71.3 Å². The molecule has 26 heavy (non-hydrogen) atoms. The molecule has 2 aromatic carbocycles. The van der Waals surface area contributed by atoms with Crippen molar-refractivity contribution in [1.29, 1.82) is 0 Å². The summed E-state index contributed by atoms with van der Waals surface area (Å²) >= 11 is 0. The molecule has 3 amide bonds. The molecule has 0 aliphatic carbocycles. The van der Waals surface area contributed by atoms with Gasteiger partial charge in [-0.2, -0.15) is 0 Å². The fraction of sp³-hybridized carbons (Fsp3) is 0.211. The third kappa shape index (κ3) is 4.60. The Labute approximate surface area is 150 Å². The SMILES string of the molecule is O=C(N[C@H]1CNC1=O)OCc1ccc(C(=O)NCc2ccccc2)cc1. The fourth-order valence-corrected chi connectivity index (χ4v) is 2.37. The maximum atomic E-state index is 12.1. The second kappa shape index (κ2) is 8.15. The number of ether oxygens (including phenoxy) is 1. The van der Waals surface area contributed by atoms with Crippen LogP contribution in [-0.2, 0) is 22.7 Å². The van der Waals surface area contributed by atoms with Crippen molar-refractivity contribution in [2.24, 2.45) is 0 Å². The zero-order valence-corrected chi connectivity index (χ0v) is 14.0. The highest BCUT2D eigenvalue weighted by Gasteiger charge is 2.29. The quantitative estimate of drug-likeness (QED) is 0.683. The van der Waals surface area contributed by atoms with Crippen LogP contribution in [0.25, 0.3) is 0 Å². The van der Waals surface area contributed by atoms with E-state index in [1.165, 1.54) is 0 Å². The lowest BCUT2D eigenvalue weighted by Gasteiger charge is -2.26. The molecule has 1 fully saturated rings. The minimum atomic E-state index is -0.644. The zero-order chi connectivity index (χ0) is 18.4. The molecular weight excluding hydrogens is 334 g/mol. The van der Waals surface area contributed by atoms with Crippen LogP contribution in [-0.4, -0.2) is 30.5 Å². The first-order valence-corrected chi connectivity index (χ1v) is 8.24. The number of amides is 3. The first-order valence-electron chi connectivity index (χ1n) is 8.24. The van der Waals surface area contributed by atoms with Crippen molar-refractivity contribution in [2.45, 2.75) is 19.2 Å². The smallest absolute Gasteiger partial charge is 0.408 e. The van der Waals surface area contributed by atoms with E-state index in [9.17, 15) is 14.4 Å². The van der Waals surface area contributed by atoms with Gasteiger partial charge in [0.05, 0.1) is 0 Å². The second-order valence-electron chi connectivity index (χ2n) is 5.88. The molecule has 0 saturated carbocycles. The second-order valence-corrected chi connectivity index (χ2v) is 5.88. The minimum Gasteiger partial charge on any atom is -0.445 e. The molecule has 3 rings (SSSR count). The van der Waals surface area contributed by atoms with Crippen LogP contribution in [0.15, 0.2) is 54.6 Å². The van der Waals surface area contributed by atoms with E-state index in [0.29, 0.717) is 18.7 Å². The Morgan fingerprint density at radius 2 is 1.77 bits per heavy atom. The van der Waals surface area contributed by atoms with Gasteiger partial charge in [-0.1, -0.05) is 42.5 Å². The van der Waals surface area contributed by atoms with Crippen LogP contribution in [0.2, 0.25) is 0 Å². The highest BCUT2D eigenvalue weighted by atomic mass is 16.5. The Morgan fingerprint density at radius 1 is 1.04 bits per heavy atom. The van der Waals surface area contributed by atoms with Gasteiger partial charge in [0.2, 0.25) is 5.91 Å². The maximum Gasteiger partial charge on any atom is 0.408 e. The highest BCUT2D eigenvalue weighted by Crippen LogP contribution is 2.07. The monoisotopic (exact) mass is 353 g/mol. The van der Waals surface area contributed by atoms with E-state index in [0.717, 1.165) is 11.1 Å². The third-order valence-electron chi connectivity index (χ3n) is 3.97. The Bertz CT molecular complexity index is 790. The first-order chi connectivity index (χ1) is 12.6. The fourth-order valence-electron chi connectivity index (χ4n) is 2.37. The molecule has 0 aromatic heterocycles. The Balaban J connectivity index is 1.44. The molecule has 134 valence electrons. The van der Waals surface area contributed by atoms with Crippen LogP contribution in [0, 0.1) is 0 Å². The summed E-state index contributed by atoms with van der Waals surface area (Å²) in [6.07, 6.45) is -0.644. The molecule has 0 radical (unpaired) electrons. The van der Waals surface area contributed by atoms with Gasteiger partial charge in [-0.25, -0.2) is 4.79 Å². The summed E-state index contributed by atoms with van der Waals surface area (Å²) in [6, 6.07) is 15.9. The largest absolute Gasteiger partial charge is 0.445 e. The van der Waals surface area contributed by atoms with Crippen LogP contribution < -0.4 is 16.0 Å². The average Bonchev–Trinajstić information content (AvgIpc) is 2.68. The topological polar surface area (TPSA) is 96.5 Å². The van der Waals surface area contributed by atoms with E-state index in [-0.39, 0.29) is 18.4 Å². The minimum absolute atomic E-state index is 0.0616. The van der Waals surface area contributed by atoms with Crippen molar-refractivity contribution in [1.82, 2.24) is 16.0 Å². The molecule has 0 spiro atoms. The van der Waals surface area contributed by atoms with Crippen molar-refractivity contribution in [2.75, 3.05) is 6.54 Å². The molecule has 1 heterocycles. The first kappa shape index (κ1) is 17.5. The van der Waals surface area contributed by atoms with Gasteiger partial charge in [0.25, 0.3) is 5.91 Å². The lowest BCUT2D eigenvalue weighted by molar-refractivity contribution is -0.128. The summed E-state index contributed by atoms with van der Waals surface area (Å²) in [5.74, 6) is -0.386. The number of alkyl carbamates (subject to hydrolysis) is 1.